The molecule has 0 aromatic heterocycles. The quantitative estimate of drug-likeness (QED) is 0.357. The number of hydrogen-bond acceptors (Lipinski definition) is 2. The average molecular weight is 193 g/mol. The summed E-state index contributed by atoms with van der Waals surface area (Å²) in [4.78, 5) is 0. The van der Waals surface area contributed by atoms with E-state index in [1.807, 2.05) is 0 Å². The molecule has 1 fully saturated rings. The fourth-order valence-electron chi connectivity index (χ4n) is 2.97. The highest BCUT2D eigenvalue weighted by Gasteiger charge is 2.39. The Hall–Kier alpha value is -0.790. The van der Waals surface area contributed by atoms with E-state index in [2.05, 4.69) is 25.1 Å². The van der Waals surface area contributed by atoms with Crippen LogP contribution in [0.2, 0.25) is 0 Å². The Balaban J connectivity index is 2.35. The lowest BCUT2D eigenvalue weighted by atomic mass is 9.63. The standard InChI is InChI=1S/C12H19NO/c1-12(2)10-6-4-3-5-9(10)7-8-11(12)13-14/h6,9,14H,3-5,7-8H2,1-2H3. The van der Waals surface area contributed by atoms with Crippen molar-refractivity contribution in [2.45, 2.75) is 46.0 Å². The summed E-state index contributed by atoms with van der Waals surface area (Å²) in [7, 11) is 0. The molecule has 0 spiro atoms. The van der Waals surface area contributed by atoms with Crippen LogP contribution in [0.1, 0.15) is 46.0 Å². The lowest BCUT2D eigenvalue weighted by molar-refractivity contribution is 0.297. The molecule has 0 aromatic rings. The van der Waals surface area contributed by atoms with Crippen molar-refractivity contribution >= 4 is 5.71 Å². The first-order valence-corrected chi connectivity index (χ1v) is 5.58. The maximum atomic E-state index is 8.98. The summed E-state index contributed by atoms with van der Waals surface area (Å²) in [6, 6.07) is 0. The molecular formula is C12H19NO. The Morgan fingerprint density at radius 2 is 2.21 bits per heavy atom. The Morgan fingerprint density at radius 1 is 1.43 bits per heavy atom. The lowest BCUT2D eigenvalue weighted by Crippen LogP contribution is -2.36. The van der Waals surface area contributed by atoms with Gasteiger partial charge >= 0.3 is 0 Å². The molecule has 0 amide bonds. The van der Waals surface area contributed by atoms with Gasteiger partial charge in [-0.15, -0.1) is 0 Å². The maximum absolute atomic E-state index is 8.98. The summed E-state index contributed by atoms with van der Waals surface area (Å²) in [6.45, 7) is 4.37. The SMILES string of the molecule is CC1(C)C2=CCCCC2CCC1=NO. The van der Waals surface area contributed by atoms with Gasteiger partial charge in [0.2, 0.25) is 0 Å². The number of rotatable bonds is 0. The highest BCUT2D eigenvalue weighted by atomic mass is 16.4. The van der Waals surface area contributed by atoms with Crippen LogP contribution in [0.5, 0.6) is 0 Å². The van der Waals surface area contributed by atoms with Gasteiger partial charge in [0.25, 0.3) is 0 Å². The van der Waals surface area contributed by atoms with Crippen LogP contribution in [0.25, 0.3) is 0 Å². The van der Waals surface area contributed by atoms with Crippen LogP contribution in [0, 0.1) is 11.3 Å². The van der Waals surface area contributed by atoms with Crippen molar-refractivity contribution in [1.82, 2.24) is 0 Å². The molecule has 0 aromatic carbocycles. The van der Waals surface area contributed by atoms with E-state index in [0.717, 1.165) is 18.1 Å². The van der Waals surface area contributed by atoms with E-state index in [0.29, 0.717) is 0 Å². The summed E-state index contributed by atoms with van der Waals surface area (Å²) in [5.74, 6) is 0.754. The van der Waals surface area contributed by atoms with Gasteiger partial charge in [-0.1, -0.05) is 30.7 Å². The molecule has 1 atom stereocenters. The second-order valence-corrected chi connectivity index (χ2v) is 5.00. The van der Waals surface area contributed by atoms with Gasteiger partial charge in [0.15, 0.2) is 0 Å². The van der Waals surface area contributed by atoms with Gasteiger partial charge in [0.05, 0.1) is 5.71 Å². The average Bonchev–Trinajstić information content (AvgIpc) is 2.18. The zero-order valence-electron chi connectivity index (χ0n) is 9.08. The molecule has 1 unspecified atom stereocenters. The molecule has 0 radical (unpaired) electrons. The first-order chi connectivity index (χ1) is 6.66. The minimum Gasteiger partial charge on any atom is -0.411 e. The summed E-state index contributed by atoms with van der Waals surface area (Å²) < 4.78 is 0. The number of fused-ring (bicyclic) bond motifs is 1. The first-order valence-electron chi connectivity index (χ1n) is 5.58. The second kappa shape index (κ2) is 3.41. The molecule has 1 saturated carbocycles. The third-order valence-corrected chi connectivity index (χ3v) is 3.85. The Kier molecular flexibility index (Phi) is 2.38. The second-order valence-electron chi connectivity index (χ2n) is 5.00. The third-order valence-electron chi connectivity index (χ3n) is 3.85. The zero-order chi connectivity index (χ0) is 10.2. The highest BCUT2D eigenvalue weighted by molar-refractivity contribution is 5.93. The van der Waals surface area contributed by atoms with Crippen LogP contribution in [0.4, 0.5) is 0 Å². The van der Waals surface area contributed by atoms with Crippen LogP contribution in [0.15, 0.2) is 16.8 Å². The van der Waals surface area contributed by atoms with Gasteiger partial charge in [0, 0.05) is 5.41 Å². The predicted octanol–water partition coefficient (Wildman–Crippen LogP) is 3.36. The predicted molar refractivity (Wildman–Crippen MR) is 57.7 cm³/mol. The van der Waals surface area contributed by atoms with E-state index in [1.165, 1.54) is 31.3 Å². The summed E-state index contributed by atoms with van der Waals surface area (Å²) in [5.41, 5.74) is 2.47. The first kappa shape index (κ1) is 9.75. The number of hydrogen-bond donors (Lipinski definition) is 1. The zero-order valence-corrected chi connectivity index (χ0v) is 9.08. The smallest absolute Gasteiger partial charge is 0.0667 e. The van der Waals surface area contributed by atoms with E-state index in [-0.39, 0.29) is 5.41 Å². The Labute approximate surface area is 85.7 Å². The Bertz CT molecular complexity index is 289. The molecule has 2 aliphatic rings. The fourth-order valence-corrected chi connectivity index (χ4v) is 2.97. The van der Waals surface area contributed by atoms with Gasteiger partial charge in [-0.3, -0.25) is 0 Å². The lowest BCUT2D eigenvalue weighted by Gasteiger charge is -2.41. The molecule has 14 heavy (non-hydrogen) atoms. The van der Waals surface area contributed by atoms with Crippen LogP contribution in [-0.4, -0.2) is 10.9 Å². The third kappa shape index (κ3) is 1.37. The highest BCUT2D eigenvalue weighted by Crippen LogP contribution is 2.45. The summed E-state index contributed by atoms with van der Waals surface area (Å²) >= 11 is 0. The van der Waals surface area contributed by atoms with Gasteiger partial charge in [0.1, 0.15) is 0 Å². The molecular weight excluding hydrogens is 174 g/mol. The van der Waals surface area contributed by atoms with E-state index < -0.39 is 0 Å². The molecule has 2 nitrogen and oxygen atoms in total. The van der Waals surface area contributed by atoms with Crippen molar-refractivity contribution in [3.05, 3.63) is 11.6 Å². The van der Waals surface area contributed by atoms with E-state index >= 15 is 0 Å². The molecule has 2 rings (SSSR count). The van der Waals surface area contributed by atoms with Gasteiger partial charge in [-0.2, -0.15) is 0 Å². The van der Waals surface area contributed by atoms with Crippen molar-refractivity contribution in [2.24, 2.45) is 16.5 Å². The van der Waals surface area contributed by atoms with Crippen LogP contribution in [0.3, 0.4) is 0 Å². The maximum Gasteiger partial charge on any atom is 0.0667 e. The molecule has 1 N–H and O–H groups in total. The van der Waals surface area contributed by atoms with Crippen molar-refractivity contribution in [1.29, 1.82) is 0 Å². The van der Waals surface area contributed by atoms with Gasteiger partial charge in [-0.25, -0.2) is 0 Å². The topological polar surface area (TPSA) is 32.6 Å². The minimum absolute atomic E-state index is 0.00190. The van der Waals surface area contributed by atoms with Crippen LogP contribution in [-0.2, 0) is 0 Å². The van der Waals surface area contributed by atoms with Gasteiger partial charge in [-0.05, 0) is 38.0 Å². The molecule has 0 aliphatic heterocycles. The van der Waals surface area contributed by atoms with E-state index in [1.54, 1.807) is 0 Å². The summed E-state index contributed by atoms with van der Waals surface area (Å²) in [5, 5.41) is 12.4. The minimum atomic E-state index is -0.00190. The summed E-state index contributed by atoms with van der Waals surface area (Å²) in [6.07, 6.45) is 8.37. The molecule has 0 saturated heterocycles. The van der Waals surface area contributed by atoms with E-state index in [9.17, 15) is 0 Å². The molecule has 2 heteroatoms. The fraction of sp³-hybridized carbons (Fsp3) is 0.750. The van der Waals surface area contributed by atoms with Crippen molar-refractivity contribution < 1.29 is 5.21 Å². The molecule has 0 bridgehead atoms. The van der Waals surface area contributed by atoms with Crippen LogP contribution >= 0.6 is 0 Å². The van der Waals surface area contributed by atoms with Crippen molar-refractivity contribution in [2.75, 3.05) is 0 Å². The molecule has 2 aliphatic carbocycles. The van der Waals surface area contributed by atoms with Gasteiger partial charge < -0.3 is 5.21 Å². The monoisotopic (exact) mass is 193 g/mol. The number of nitrogens with zero attached hydrogens (tertiary/aromatic N) is 1. The molecule has 78 valence electrons. The van der Waals surface area contributed by atoms with Crippen LogP contribution < -0.4 is 0 Å². The van der Waals surface area contributed by atoms with Crippen molar-refractivity contribution in [3.8, 4) is 0 Å². The van der Waals surface area contributed by atoms with E-state index in [4.69, 9.17) is 5.21 Å². The largest absolute Gasteiger partial charge is 0.411 e. The number of oxime groups is 1. The normalized spacial score (nSPS) is 33.7. The number of allylic oxidation sites excluding steroid dienone is 2. The Morgan fingerprint density at radius 3 is 2.93 bits per heavy atom. The molecule has 0 heterocycles. The van der Waals surface area contributed by atoms with Crippen molar-refractivity contribution in [3.63, 3.8) is 0 Å².